The van der Waals surface area contributed by atoms with E-state index in [9.17, 15) is 0 Å². The highest BCUT2D eigenvalue weighted by Gasteiger charge is 1.76. The van der Waals surface area contributed by atoms with E-state index in [2.05, 4.69) is 23.8 Å². The van der Waals surface area contributed by atoms with Crippen molar-refractivity contribution >= 4 is 12.6 Å². The first kappa shape index (κ1) is 5.78. The number of hydrogen-bond acceptors (Lipinski definition) is 0. The maximum atomic E-state index is 4.37. The molecule has 0 unspecified atom stereocenters. The van der Waals surface area contributed by atoms with Gasteiger partial charge >= 0.3 is 0 Å². The van der Waals surface area contributed by atoms with E-state index in [1.807, 2.05) is 13.8 Å². The van der Waals surface area contributed by atoms with Crippen LogP contribution in [-0.2, 0) is 0 Å². The van der Waals surface area contributed by atoms with Crippen LogP contribution in [0.15, 0.2) is 0 Å². The molecule has 0 aliphatic carbocycles. The van der Waals surface area contributed by atoms with Gasteiger partial charge in [0.25, 0.3) is 0 Å². The summed E-state index contributed by atoms with van der Waals surface area (Å²) in [6.45, 7) is 4.03. The maximum Gasteiger partial charge on any atom is 0.0158 e. The Bertz CT molecular complexity index is 73.7. The molecule has 0 saturated carbocycles. The first-order chi connectivity index (χ1) is 2.77. The fourth-order valence-corrected chi connectivity index (χ4v) is 0.354. The van der Waals surface area contributed by atoms with E-state index in [-0.39, 0.29) is 0 Å². The Balaban J connectivity index is 3.20. The maximum absolute atomic E-state index is 4.37. The summed E-state index contributed by atoms with van der Waals surface area (Å²) in [5.41, 5.74) is 0. The molecule has 6 heavy (non-hydrogen) atoms. The minimum atomic E-state index is 0.433. The molecule has 1 radical (unpaired) electrons. The van der Waals surface area contributed by atoms with E-state index in [1.54, 1.807) is 0 Å². The van der Waals surface area contributed by atoms with Gasteiger partial charge in [-0.1, -0.05) is 19.8 Å². The van der Waals surface area contributed by atoms with E-state index in [4.69, 9.17) is 0 Å². The van der Waals surface area contributed by atoms with Gasteiger partial charge in [-0.3, -0.25) is 0 Å². The summed E-state index contributed by atoms with van der Waals surface area (Å²) >= 11 is 4.37. The lowest BCUT2D eigenvalue weighted by atomic mass is 10.2. The van der Waals surface area contributed by atoms with Crippen molar-refractivity contribution in [3.05, 3.63) is 0 Å². The van der Waals surface area contributed by atoms with E-state index in [0.29, 0.717) is 5.92 Å². The Labute approximate surface area is 44.4 Å². The lowest BCUT2D eigenvalue weighted by molar-refractivity contribution is 0.867. The van der Waals surface area contributed by atoms with Crippen LogP contribution in [0.25, 0.3) is 0 Å². The zero-order chi connectivity index (χ0) is 4.99. The summed E-state index contributed by atoms with van der Waals surface area (Å²) < 4.78 is 0. The Kier molecular flexibility index (Phi) is 2.88. The van der Waals surface area contributed by atoms with Crippen molar-refractivity contribution in [2.75, 3.05) is 0 Å². The quantitative estimate of drug-likeness (QED) is 0.406. The highest BCUT2D eigenvalue weighted by molar-refractivity contribution is 7.85. The molecule has 0 aromatic rings. The fraction of sp³-hybridized carbons (Fsp3) is 0.600. The highest BCUT2D eigenvalue weighted by Crippen LogP contribution is 1.84. The normalized spacial score (nSPS) is 7.17. The Hall–Kier alpha value is -0.220. The molecule has 0 aliphatic heterocycles. The zero-order valence-corrected chi connectivity index (χ0v) is 4.80. The SMILES string of the molecule is CC(C)C#C[S]. The number of rotatable bonds is 0. The molecule has 1 heteroatoms. The molecule has 0 N–H and O–H groups in total. The lowest BCUT2D eigenvalue weighted by Crippen LogP contribution is -1.74. The molecule has 33 valence electrons. The molecule has 0 atom stereocenters. The van der Waals surface area contributed by atoms with Gasteiger partial charge in [0, 0.05) is 11.2 Å². The van der Waals surface area contributed by atoms with Crippen LogP contribution in [0.3, 0.4) is 0 Å². The van der Waals surface area contributed by atoms with Gasteiger partial charge in [-0.05, 0) is 12.6 Å². The second-order valence-corrected chi connectivity index (χ2v) is 1.61. The minimum absolute atomic E-state index is 0.433. The second kappa shape index (κ2) is 2.99. The topological polar surface area (TPSA) is 0 Å². The smallest absolute Gasteiger partial charge is 0.0158 e. The Morgan fingerprint density at radius 3 is 2.00 bits per heavy atom. The molecule has 0 fully saturated rings. The van der Waals surface area contributed by atoms with Gasteiger partial charge in [0.05, 0.1) is 0 Å². The second-order valence-electron chi connectivity index (χ2n) is 1.40. The van der Waals surface area contributed by atoms with E-state index < -0.39 is 0 Å². The molecule has 0 saturated heterocycles. The van der Waals surface area contributed by atoms with E-state index in [1.165, 1.54) is 0 Å². The van der Waals surface area contributed by atoms with Crippen molar-refractivity contribution in [1.29, 1.82) is 0 Å². The largest absolute Gasteiger partial charge is 0.0837 e. The van der Waals surface area contributed by atoms with E-state index in [0.717, 1.165) is 0 Å². The molecule has 0 aromatic heterocycles. The van der Waals surface area contributed by atoms with Gasteiger partial charge in [0.1, 0.15) is 0 Å². The molecule has 0 spiro atoms. The van der Waals surface area contributed by atoms with Crippen molar-refractivity contribution in [2.24, 2.45) is 5.92 Å². The van der Waals surface area contributed by atoms with Crippen molar-refractivity contribution < 1.29 is 0 Å². The van der Waals surface area contributed by atoms with Crippen LogP contribution in [-0.4, -0.2) is 0 Å². The molecule has 0 heterocycles. The van der Waals surface area contributed by atoms with E-state index >= 15 is 0 Å². The van der Waals surface area contributed by atoms with Crippen molar-refractivity contribution in [2.45, 2.75) is 13.8 Å². The molecule has 0 aromatic carbocycles. The summed E-state index contributed by atoms with van der Waals surface area (Å²) in [6, 6.07) is 0. The molecule has 0 aliphatic rings. The predicted octanol–water partition coefficient (Wildman–Crippen LogP) is 1.80. The van der Waals surface area contributed by atoms with Crippen LogP contribution >= 0.6 is 12.6 Å². The van der Waals surface area contributed by atoms with Gasteiger partial charge in [-0.15, -0.1) is 0 Å². The fourth-order valence-electron chi connectivity index (χ4n) is 0.118. The average Bonchev–Trinajstić information content (AvgIpc) is 1.35. The van der Waals surface area contributed by atoms with Gasteiger partial charge < -0.3 is 0 Å². The first-order valence-electron chi connectivity index (χ1n) is 1.90. The third kappa shape index (κ3) is 3.78. The van der Waals surface area contributed by atoms with Gasteiger partial charge in [0.15, 0.2) is 0 Å². The van der Waals surface area contributed by atoms with Crippen molar-refractivity contribution in [3.63, 3.8) is 0 Å². The molecule has 0 nitrogen and oxygen atoms in total. The average molecular weight is 99.2 g/mol. The third-order valence-electron chi connectivity index (χ3n) is 0.348. The van der Waals surface area contributed by atoms with Gasteiger partial charge in [0.2, 0.25) is 0 Å². The Morgan fingerprint density at radius 2 is 2.00 bits per heavy atom. The van der Waals surface area contributed by atoms with Crippen LogP contribution in [0.1, 0.15) is 13.8 Å². The lowest BCUT2D eigenvalue weighted by Gasteiger charge is -1.81. The number of hydrogen-bond donors (Lipinski definition) is 0. The molecule has 0 bridgehead atoms. The Morgan fingerprint density at radius 1 is 1.50 bits per heavy atom. The molecule has 0 rings (SSSR count). The summed E-state index contributed by atoms with van der Waals surface area (Å²) in [7, 11) is 0. The zero-order valence-electron chi connectivity index (χ0n) is 3.99. The van der Waals surface area contributed by atoms with Crippen LogP contribution in [0.4, 0.5) is 0 Å². The van der Waals surface area contributed by atoms with Crippen LogP contribution in [0.5, 0.6) is 0 Å². The van der Waals surface area contributed by atoms with Crippen LogP contribution < -0.4 is 0 Å². The summed E-state index contributed by atoms with van der Waals surface area (Å²) in [4.78, 5) is 0. The predicted molar refractivity (Wildman–Crippen MR) is 30.2 cm³/mol. The molecule has 0 amide bonds. The summed E-state index contributed by atoms with van der Waals surface area (Å²) in [5, 5.41) is 2.40. The van der Waals surface area contributed by atoms with Crippen LogP contribution in [0, 0.1) is 17.1 Å². The molecular formula is C5H7S. The monoisotopic (exact) mass is 99.0 g/mol. The van der Waals surface area contributed by atoms with Crippen molar-refractivity contribution in [1.82, 2.24) is 0 Å². The summed E-state index contributed by atoms with van der Waals surface area (Å²) in [6.07, 6.45) is 0. The molecular weight excluding hydrogens is 92.1 g/mol. The minimum Gasteiger partial charge on any atom is -0.0837 e. The van der Waals surface area contributed by atoms with Crippen LogP contribution in [0.2, 0.25) is 0 Å². The summed E-state index contributed by atoms with van der Waals surface area (Å²) in [5.74, 6) is 3.21. The standard InChI is InChI=1S/C5H7S/c1-5(2)3-4-6/h5H,1-2H3. The van der Waals surface area contributed by atoms with Gasteiger partial charge in [-0.2, -0.15) is 0 Å². The van der Waals surface area contributed by atoms with Gasteiger partial charge in [-0.25, -0.2) is 0 Å². The highest BCUT2D eigenvalue weighted by atomic mass is 32.1. The first-order valence-corrected chi connectivity index (χ1v) is 2.31. The van der Waals surface area contributed by atoms with Crippen molar-refractivity contribution in [3.8, 4) is 11.2 Å². The third-order valence-corrected chi connectivity index (χ3v) is 0.465.